The number of halogens is 2. The molecular formula is C19H10F2N2O3. The molecule has 0 aliphatic carbocycles. The molecular weight excluding hydrogens is 342 g/mol. The number of hydrogen-bond donors (Lipinski definition) is 1. The van der Waals surface area contributed by atoms with Gasteiger partial charge in [0, 0.05) is 0 Å². The van der Waals surface area contributed by atoms with Gasteiger partial charge in [0.15, 0.2) is 17.4 Å². The second-order valence-corrected chi connectivity index (χ2v) is 5.73. The standard InChI is InChI=1S/C19H10F2N2O3/c20-12-6-5-9(7-13(12)21)15-11(8-22)18(23)26-17-10-3-1-2-4-14(10)25-19(24)16(15)17/h1-7,15H,23H2/t15-/m1/s1. The van der Waals surface area contributed by atoms with Crippen LogP contribution in [0.2, 0.25) is 0 Å². The summed E-state index contributed by atoms with van der Waals surface area (Å²) in [6.45, 7) is 0. The summed E-state index contributed by atoms with van der Waals surface area (Å²) in [6.07, 6.45) is 0. The van der Waals surface area contributed by atoms with Crippen LogP contribution in [0.25, 0.3) is 11.0 Å². The first kappa shape index (κ1) is 15.8. The Balaban J connectivity index is 2.08. The molecule has 0 unspecified atom stereocenters. The van der Waals surface area contributed by atoms with E-state index in [2.05, 4.69) is 0 Å². The third kappa shape index (κ3) is 2.24. The van der Waals surface area contributed by atoms with Crippen LogP contribution in [0.4, 0.5) is 8.78 Å². The van der Waals surface area contributed by atoms with Crippen LogP contribution in [0.1, 0.15) is 17.0 Å². The average Bonchev–Trinajstić information content (AvgIpc) is 2.63. The second kappa shape index (κ2) is 5.70. The van der Waals surface area contributed by atoms with E-state index < -0.39 is 23.2 Å². The number of hydrogen-bond acceptors (Lipinski definition) is 5. The number of fused-ring (bicyclic) bond motifs is 3. The first-order valence-corrected chi connectivity index (χ1v) is 7.59. The molecule has 2 heterocycles. The number of para-hydroxylation sites is 1. The lowest BCUT2D eigenvalue weighted by Crippen LogP contribution is -2.26. The van der Waals surface area contributed by atoms with Crippen molar-refractivity contribution in [2.24, 2.45) is 5.73 Å². The fourth-order valence-corrected chi connectivity index (χ4v) is 3.09. The molecule has 2 aromatic carbocycles. The number of nitrogens with two attached hydrogens (primary N) is 1. The highest BCUT2D eigenvalue weighted by molar-refractivity contribution is 5.86. The number of ether oxygens (including phenoxy) is 1. The number of rotatable bonds is 1. The first-order valence-electron chi connectivity index (χ1n) is 7.59. The molecule has 0 radical (unpaired) electrons. The van der Waals surface area contributed by atoms with Crippen LogP contribution < -0.4 is 16.1 Å². The van der Waals surface area contributed by atoms with Gasteiger partial charge < -0.3 is 14.9 Å². The molecule has 4 rings (SSSR count). The van der Waals surface area contributed by atoms with Crippen molar-refractivity contribution in [2.45, 2.75) is 5.92 Å². The van der Waals surface area contributed by atoms with Crippen molar-refractivity contribution in [3.63, 3.8) is 0 Å². The van der Waals surface area contributed by atoms with Gasteiger partial charge in [0.05, 0.1) is 16.9 Å². The number of benzene rings is 2. The monoisotopic (exact) mass is 352 g/mol. The lowest BCUT2D eigenvalue weighted by atomic mass is 9.84. The van der Waals surface area contributed by atoms with E-state index >= 15 is 0 Å². The summed E-state index contributed by atoms with van der Waals surface area (Å²) in [4.78, 5) is 12.6. The predicted molar refractivity (Wildman–Crippen MR) is 88.1 cm³/mol. The van der Waals surface area contributed by atoms with E-state index in [1.165, 1.54) is 6.07 Å². The number of nitrogens with zero attached hydrogens (tertiary/aromatic N) is 1. The Morgan fingerprint density at radius 3 is 2.62 bits per heavy atom. The molecule has 1 atom stereocenters. The van der Waals surface area contributed by atoms with Crippen LogP contribution >= 0.6 is 0 Å². The van der Waals surface area contributed by atoms with Crippen LogP contribution in [0.5, 0.6) is 5.75 Å². The van der Waals surface area contributed by atoms with Crippen molar-refractivity contribution in [1.29, 1.82) is 5.26 Å². The SMILES string of the molecule is N#CC1=C(N)Oc2c(c(=O)oc3ccccc23)[C@@H]1c1ccc(F)c(F)c1. The van der Waals surface area contributed by atoms with Crippen molar-refractivity contribution < 1.29 is 17.9 Å². The Bertz CT molecular complexity index is 1190. The van der Waals surface area contributed by atoms with Gasteiger partial charge in [0.25, 0.3) is 0 Å². The maximum absolute atomic E-state index is 13.8. The summed E-state index contributed by atoms with van der Waals surface area (Å²) in [7, 11) is 0. The Hall–Kier alpha value is -3.66. The highest BCUT2D eigenvalue weighted by atomic mass is 19.2. The number of allylic oxidation sites excluding steroid dienone is 1. The third-order valence-corrected chi connectivity index (χ3v) is 4.25. The van der Waals surface area contributed by atoms with E-state index in [-0.39, 0.29) is 33.9 Å². The molecule has 5 nitrogen and oxygen atoms in total. The Kier molecular flexibility index (Phi) is 3.48. The molecule has 0 fully saturated rings. The quantitative estimate of drug-likeness (QED) is 0.679. The predicted octanol–water partition coefficient (Wildman–Crippen LogP) is 3.29. The van der Waals surface area contributed by atoms with Crippen LogP contribution in [0.3, 0.4) is 0 Å². The van der Waals surface area contributed by atoms with Gasteiger partial charge in [-0.1, -0.05) is 18.2 Å². The van der Waals surface area contributed by atoms with Gasteiger partial charge in [-0.25, -0.2) is 13.6 Å². The minimum absolute atomic E-state index is 0.0143. The molecule has 7 heteroatoms. The molecule has 128 valence electrons. The molecule has 0 saturated carbocycles. The van der Waals surface area contributed by atoms with Crippen molar-refractivity contribution in [3.8, 4) is 11.8 Å². The average molecular weight is 352 g/mol. The second-order valence-electron chi connectivity index (χ2n) is 5.73. The maximum Gasteiger partial charge on any atom is 0.344 e. The van der Waals surface area contributed by atoms with Gasteiger partial charge >= 0.3 is 5.63 Å². The Morgan fingerprint density at radius 2 is 1.88 bits per heavy atom. The topological polar surface area (TPSA) is 89.3 Å². The molecule has 2 N–H and O–H groups in total. The summed E-state index contributed by atoms with van der Waals surface area (Å²) < 4.78 is 37.9. The van der Waals surface area contributed by atoms with E-state index in [0.29, 0.717) is 5.39 Å². The fourth-order valence-electron chi connectivity index (χ4n) is 3.09. The van der Waals surface area contributed by atoms with Crippen molar-refractivity contribution in [3.05, 3.63) is 87.1 Å². The normalized spacial score (nSPS) is 16.1. The molecule has 1 aromatic heterocycles. The van der Waals surface area contributed by atoms with Crippen LogP contribution in [0.15, 0.2) is 63.1 Å². The Morgan fingerprint density at radius 1 is 1.12 bits per heavy atom. The van der Waals surface area contributed by atoms with Gasteiger partial charge in [-0.3, -0.25) is 0 Å². The van der Waals surface area contributed by atoms with E-state index in [9.17, 15) is 18.8 Å². The molecule has 0 bridgehead atoms. The highest BCUT2D eigenvalue weighted by Crippen LogP contribution is 2.43. The first-order chi connectivity index (χ1) is 12.5. The largest absolute Gasteiger partial charge is 0.439 e. The molecule has 1 aliphatic heterocycles. The summed E-state index contributed by atoms with van der Waals surface area (Å²) in [5, 5.41) is 9.96. The molecule has 3 aromatic rings. The zero-order valence-corrected chi connectivity index (χ0v) is 13.1. The van der Waals surface area contributed by atoms with Gasteiger partial charge in [-0.05, 0) is 29.8 Å². The van der Waals surface area contributed by atoms with Gasteiger partial charge in [-0.2, -0.15) is 5.26 Å². The van der Waals surface area contributed by atoms with Gasteiger partial charge in [0.2, 0.25) is 5.88 Å². The van der Waals surface area contributed by atoms with Crippen molar-refractivity contribution in [2.75, 3.05) is 0 Å². The van der Waals surface area contributed by atoms with E-state index in [0.717, 1.165) is 12.1 Å². The summed E-state index contributed by atoms with van der Waals surface area (Å²) in [5.41, 5.74) is 5.55. The minimum atomic E-state index is -1.10. The van der Waals surface area contributed by atoms with Gasteiger partial charge in [0.1, 0.15) is 17.2 Å². The van der Waals surface area contributed by atoms with E-state index in [4.69, 9.17) is 14.9 Å². The molecule has 0 spiro atoms. The molecule has 0 saturated heterocycles. The summed E-state index contributed by atoms with van der Waals surface area (Å²) in [6, 6.07) is 11.7. The smallest absolute Gasteiger partial charge is 0.344 e. The third-order valence-electron chi connectivity index (χ3n) is 4.25. The van der Waals surface area contributed by atoms with Crippen LogP contribution in [-0.4, -0.2) is 0 Å². The van der Waals surface area contributed by atoms with Crippen LogP contribution in [0, 0.1) is 23.0 Å². The van der Waals surface area contributed by atoms with Crippen molar-refractivity contribution in [1.82, 2.24) is 0 Å². The van der Waals surface area contributed by atoms with Crippen molar-refractivity contribution >= 4 is 11.0 Å². The summed E-state index contributed by atoms with van der Waals surface area (Å²) >= 11 is 0. The minimum Gasteiger partial charge on any atom is -0.439 e. The zero-order valence-electron chi connectivity index (χ0n) is 13.1. The Labute approximate surface area is 145 Å². The van der Waals surface area contributed by atoms with E-state index in [1.807, 2.05) is 6.07 Å². The van der Waals surface area contributed by atoms with Crippen LogP contribution in [-0.2, 0) is 0 Å². The zero-order chi connectivity index (χ0) is 18.4. The van der Waals surface area contributed by atoms with E-state index in [1.54, 1.807) is 24.3 Å². The van der Waals surface area contributed by atoms with Gasteiger partial charge in [-0.15, -0.1) is 0 Å². The highest BCUT2D eigenvalue weighted by Gasteiger charge is 2.35. The maximum atomic E-state index is 13.8. The molecule has 1 aliphatic rings. The lowest BCUT2D eigenvalue weighted by Gasteiger charge is -2.26. The lowest BCUT2D eigenvalue weighted by molar-refractivity contribution is 0.388. The molecule has 0 amide bonds. The number of nitriles is 1. The summed E-state index contributed by atoms with van der Waals surface area (Å²) in [5.74, 6) is -3.23. The molecule has 26 heavy (non-hydrogen) atoms. The fraction of sp³-hybridized carbons (Fsp3) is 0.0526.